The fourth-order valence-electron chi connectivity index (χ4n) is 3.58. The third kappa shape index (κ3) is 3.91. The smallest absolute Gasteiger partial charge is 0.227 e. The van der Waals surface area contributed by atoms with E-state index in [-0.39, 0.29) is 11.9 Å². The topological polar surface area (TPSA) is 68.8 Å². The van der Waals surface area contributed by atoms with Crippen LogP contribution in [0.2, 0.25) is 0 Å². The lowest BCUT2D eigenvalue weighted by Gasteiger charge is -2.32. The van der Waals surface area contributed by atoms with E-state index in [9.17, 15) is 4.79 Å². The average molecular weight is 344 g/mol. The lowest BCUT2D eigenvalue weighted by molar-refractivity contribution is -0.132. The fourth-order valence-corrected chi connectivity index (χ4v) is 3.58. The van der Waals surface area contributed by atoms with Crippen molar-refractivity contribution in [1.29, 1.82) is 0 Å². The van der Waals surface area contributed by atoms with Gasteiger partial charge in [0.15, 0.2) is 0 Å². The highest BCUT2D eigenvalue weighted by Gasteiger charge is 2.26. The van der Waals surface area contributed by atoms with Gasteiger partial charge in [-0.3, -0.25) is 9.48 Å². The van der Waals surface area contributed by atoms with E-state index >= 15 is 0 Å². The number of hydrogen-bond donors (Lipinski definition) is 0. The molecule has 0 saturated carbocycles. The number of piperidine rings is 1. The molecule has 3 heterocycles. The van der Waals surface area contributed by atoms with Gasteiger partial charge in [-0.05, 0) is 32.6 Å². The van der Waals surface area contributed by atoms with Gasteiger partial charge in [-0.2, -0.15) is 10.2 Å². The molecule has 1 amide bonds. The Morgan fingerprint density at radius 3 is 2.84 bits per heavy atom. The molecule has 3 rings (SSSR count). The van der Waals surface area contributed by atoms with Crippen LogP contribution >= 0.6 is 0 Å². The van der Waals surface area contributed by atoms with Crippen LogP contribution in [-0.2, 0) is 17.8 Å². The van der Waals surface area contributed by atoms with Gasteiger partial charge >= 0.3 is 0 Å². The van der Waals surface area contributed by atoms with Gasteiger partial charge in [-0.15, -0.1) is 0 Å². The standard InChI is InChI=1S/C18H28N6O/c1-13(2)9-23-15(4)17(14(3)21-23)8-18(25)22-7-5-6-16(10-22)24-12-19-11-20-24/h11-13,16H,5-10H2,1-4H3/t16-/m1/s1. The maximum atomic E-state index is 12.9. The second-order valence-electron chi connectivity index (χ2n) is 7.41. The van der Waals surface area contributed by atoms with Crippen LogP contribution in [0.5, 0.6) is 0 Å². The van der Waals surface area contributed by atoms with Crippen molar-refractivity contribution in [3.8, 4) is 0 Å². The van der Waals surface area contributed by atoms with Crippen molar-refractivity contribution in [2.45, 2.75) is 59.5 Å². The van der Waals surface area contributed by atoms with E-state index in [0.29, 0.717) is 18.9 Å². The number of hydrogen-bond acceptors (Lipinski definition) is 4. The van der Waals surface area contributed by atoms with Crippen LogP contribution in [0, 0.1) is 19.8 Å². The molecule has 0 unspecified atom stereocenters. The van der Waals surface area contributed by atoms with Gasteiger partial charge in [0, 0.05) is 30.9 Å². The highest BCUT2D eigenvalue weighted by atomic mass is 16.2. The van der Waals surface area contributed by atoms with E-state index in [4.69, 9.17) is 0 Å². The molecule has 2 aromatic heterocycles. The van der Waals surface area contributed by atoms with Crippen LogP contribution in [-0.4, -0.2) is 48.4 Å². The molecule has 0 aliphatic carbocycles. The van der Waals surface area contributed by atoms with Crippen molar-refractivity contribution >= 4 is 5.91 Å². The van der Waals surface area contributed by atoms with Crippen LogP contribution in [0.4, 0.5) is 0 Å². The fraction of sp³-hybridized carbons (Fsp3) is 0.667. The van der Waals surface area contributed by atoms with Gasteiger partial charge in [0.1, 0.15) is 12.7 Å². The molecule has 1 aliphatic heterocycles. The van der Waals surface area contributed by atoms with Gasteiger partial charge < -0.3 is 4.90 Å². The summed E-state index contributed by atoms with van der Waals surface area (Å²) in [6.07, 6.45) is 5.76. The molecule has 7 nitrogen and oxygen atoms in total. The maximum Gasteiger partial charge on any atom is 0.227 e. The van der Waals surface area contributed by atoms with Crippen LogP contribution in [0.1, 0.15) is 49.7 Å². The Hall–Kier alpha value is -2.18. The normalized spacial score (nSPS) is 18.1. The van der Waals surface area contributed by atoms with Crippen molar-refractivity contribution in [2.24, 2.45) is 5.92 Å². The SMILES string of the molecule is Cc1nn(CC(C)C)c(C)c1CC(=O)N1CCC[C@@H](n2cncn2)C1. The summed E-state index contributed by atoms with van der Waals surface area (Å²) >= 11 is 0. The number of aromatic nitrogens is 5. The molecular weight excluding hydrogens is 316 g/mol. The molecule has 0 radical (unpaired) electrons. The number of aryl methyl sites for hydroxylation is 1. The van der Waals surface area contributed by atoms with Gasteiger partial charge in [0.2, 0.25) is 5.91 Å². The number of amides is 1. The van der Waals surface area contributed by atoms with Crippen molar-refractivity contribution in [2.75, 3.05) is 13.1 Å². The first-order valence-electron chi connectivity index (χ1n) is 9.10. The molecule has 1 saturated heterocycles. The number of carbonyl (C=O) groups excluding carboxylic acids is 1. The van der Waals surface area contributed by atoms with Crippen LogP contribution in [0.25, 0.3) is 0 Å². The van der Waals surface area contributed by atoms with Gasteiger partial charge in [0.25, 0.3) is 0 Å². The molecule has 0 N–H and O–H groups in total. The Morgan fingerprint density at radius 1 is 1.36 bits per heavy atom. The minimum Gasteiger partial charge on any atom is -0.340 e. The molecule has 0 aromatic carbocycles. The monoisotopic (exact) mass is 344 g/mol. The van der Waals surface area contributed by atoms with Crippen LogP contribution in [0.15, 0.2) is 12.7 Å². The molecule has 7 heteroatoms. The second-order valence-corrected chi connectivity index (χ2v) is 7.41. The van der Waals surface area contributed by atoms with Gasteiger partial charge in [-0.1, -0.05) is 13.8 Å². The first kappa shape index (κ1) is 17.6. The van der Waals surface area contributed by atoms with E-state index in [1.54, 1.807) is 12.7 Å². The number of rotatable bonds is 5. The number of likely N-dealkylation sites (tertiary alicyclic amines) is 1. The molecular formula is C18H28N6O. The Kier molecular flexibility index (Phi) is 5.20. The minimum atomic E-state index is 0.181. The van der Waals surface area contributed by atoms with Crippen molar-refractivity contribution in [3.63, 3.8) is 0 Å². The summed E-state index contributed by atoms with van der Waals surface area (Å²) in [5.41, 5.74) is 3.16. The number of nitrogens with zero attached hydrogens (tertiary/aromatic N) is 6. The zero-order valence-corrected chi connectivity index (χ0v) is 15.6. The quantitative estimate of drug-likeness (QED) is 0.833. The zero-order chi connectivity index (χ0) is 18.0. The summed E-state index contributed by atoms with van der Waals surface area (Å²) in [6.45, 7) is 10.8. The molecule has 1 aliphatic rings. The summed E-state index contributed by atoms with van der Waals surface area (Å²) < 4.78 is 3.91. The van der Waals surface area contributed by atoms with Crippen molar-refractivity contribution < 1.29 is 4.79 Å². The molecule has 0 spiro atoms. The minimum absolute atomic E-state index is 0.181. The highest BCUT2D eigenvalue weighted by Crippen LogP contribution is 2.22. The van der Waals surface area contributed by atoms with E-state index in [1.165, 1.54) is 0 Å². The van der Waals surface area contributed by atoms with E-state index in [0.717, 1.165) is 42.9 Å². The van der Waals surface area contributed by atoms with Crippen molar-refractivity contribution in [3.05, 3.63) is 29.6 Å². The lowest BCUT2D eigenvalue weighted by atomic mass is 10.0. The average Bonchev–Trinajstić information content (AvgIpc) is 3.19. The first-order chi connectivity index (χ1) is 12.0. The molecule has 0 bridgehead atoms. The predicted molar refractivity (Wildman–Crippen MR) is 95.1 cm³/mol. The Balaban J connectivity index is 1.69. The Labute approximate surface area is 149 Å². The van der Waals surface area contributed by atoms with E-state index < -0.39 is 0 Å². The van der Waals surface area contributed by atoms with Crippen LogP contribution < -0.4 is 0 Å². The van der Waals surface area contributed by atoms with Gasteiger partial charge in [-0.25, -0.2) is 9.67 Å². The zero-order valence-electron chi connectivity index (χ0n) is 15.6. The van der Waals surface area contributed by atoms with Crippen LogP contribution in [0.3, 0.4) is 0 Å². The Morgan fingerprint density at radius 2 is 2.16 bits per heavy atom. The summed E-state index contributed by atoms with van der Waals surface area (Å²) in [7, 11) is 0. The first-order valence-corrected chi connectivity index (χ1v) is 9.10. The summed E-state index contributed by atoms with van der Waals surface area (Å²) in [4.78, 5) is 18.9. The Bertz CT molecular complexity index is 718. The molecule has 1 fully saturated rings. The largest absolute Gasteiger partial charge is 0.340 e. The predicted octanol–water partition coefficient (Wildman–Crippen LogP) is 2.15. The van der Waals surface area contributed by atoms with E-state index in [1.807, 2.05) is 21.2 Å². The molecule has 2 aromatic rings. The molecule has 25 heavy (non-hydrogen) atoms. The third-order valence-corrected chi connectivity index (χ3v) is 4.96. The second kappa shape index (κ2) is 7.37. The third-order valence-electron chi connectivity index (χ3n) is 4.96. The summed E-state index contributed by atoms with van der Waals surface area (Å²) in [5, 5.41) is 8.86. The van der Waals surface area contributed by atoms with E-state index in [2.05, 4.69) is 36.0 Å². The summed E-state index contributed by atoms with van der Waals surface area (Å²) in [5.74, 6) is 0.715. The molecule has 136 valence electrons. The highest BCUT2D eigenvalue weighted by molar-refractivity contribution is 5.79. The summed E-state index contributed by atoms with van der Waals surface area (Å²) in [6, 6.07) is 0.228. The maximum absolute atomic E-state index is 12.9. The van der Waals surface area contributed by atoms with Crippen molar-refractivity contribution in [1.82, 2.24) is 29.4 Å². The van der Waals surface area contributed by atoms with Gasteiger partial charge in [0.05, 0.1) is 18.2 Å². The number of carbonyl (C=O) groups is 1. The molecule has 1 atom stereocenters. The lowest BCUT2D eigenvalue weighted by Crippen LogP contribution is -2.41.